The van der Waals surface area contributed by atoms with Gasteiger partial charge >= 0.3 is 0 Å². The van der Waals surface area contributed by atoms with E-state index in [1.165, 1.54) is 0 Å². The summed E-state index contributed by atoms with van der Waals surface area (Å²) in [4.78, 5) is 11.0. The quantitative estimate of drug-likeness (QED) is 0.921. The lowest BCUT2D eigenvalue weighted by atomic mass is 10.1. The van der Waals surface area contributed by atoms with E-state index in [0.29, 0.717) is 24.2 Å². The van der Waals surface area contributed by atoms with Crippen LogP contribution < -0.4 is 5.73 Å². The Morgan fingerprint density at radius 1 is 1.35 bits per heavy atom. The number of nitrogen functional groups attached to an aromatic ring is 1. The zero-order chi connectivity index (χ0) is 15.8. The van der Waals surface area contributed by atoms with Crippen LogP contribution in [0.2, 0.25) is 0 Å². The summed E-state index contributed by atoms with van der Waals surface area (Å²) in [6.45, 7) is 4.36. The van der Waals surface area contributed by atoms with Crippen molar-refractivity contribution >= 4 is 5.82 Å². The van der Waals surface area contributed by atoms with Gasteiger partial charge in [-0.15, -0.1) is 0 Å². The zero-order valence-corrected chi connectivity index (χ0v) is 13.2. The molecule has 3 heterocycles. The van der Waals surface area contributed by atoms with Crippen molar-refractivity contribution in [2.24, 2.45) is 0 Å². The van der Waals surface area contributed by atoms with Gasteiger partial charge in [-0.1, -0.05) is 11.2 Å². The maximum atomic E-state index is 6.00. The molecule has 0 aromatic carbocycles. The molecule has 122 valence electrons. The van der Waals surface area contributed by atoms with Crippen molar-refractivity contribution in [3.05, 3.63) is 35.6 Å². The van der Waals surface area contributed by atoms with Gasteiger partial charge in [0.2, 0.25) is 0 Å². The Labute approximate surface area is 134 Å². The van der Waals surface area contributed by atoms with Gasteiger partial charge in [-0.2, -0.15) is 4.98 Å². The summed E-state index contributed by atoms with van der Waals surface area (Å²) in [6, 6.07) is 3.92. The summed E-state index contributed by atoms with van der Waals surface area (Å²) in [7, 11) is 0. The summed E-state index contributed by atoms with van der Waals surface area (Å²) in [5.41, 5.74) is 6.98. The maximum absolute atomic E-state index is 6.00. The van der Waals surface area contributed by atoms with Gasteiger partial charge in [0.25, 0.3) is 5.89 Å². The molecule has 0 spiro atoms. The van der Waals surface area contributed by atoms with Gasteiger partial charge in [0, 0.05) is 37.3 Å². The lowest BCUT2D eigenvalue weighted by molar-refractivity contribution is -0.0930. The third-order valence-electron chi connectivity index (χ3n) is 4.33. The van der Waals surface area contributed by atoms with Crippen LogP contribution in [-0.4, -0.2) is 39.2 Å². The number of ether oxygens (including phenoxy) is 1. The Morgan fingerprint density at radius 2 is 2.22 bits per heavy atom. The van der Waals surface area contributed by atoms with E-state index in [2.05, 4.69) is 26.9 Å². The van der Waals surface area contributed by atoms with E-state index in [1.54, 1.807) is 6.20 Å². The second-order valence-corrected chi connectivity index (χ2v) is 6.44. The monoisotopic (exact) mass is 315 g/mol. The number of nitrogens with zero attached hydrogens (tertiary/aromatic N) is 4. The Hall–Kier alpha value is -1.99. The fraction of sp³-hybridized carbons (Fsp3) is 0.562. The molecule has 4 rings (SSSR count). The van der Waals surface area contributed by atoms with Crippen LogP contribution >= 0.6 is 0 Å². The summed E-state index contributed by atoms with van der Waals surface area (Å²) in [5.74, 6) is 2.48. The molecule has 2 aromatic heterocycles. The first-order valence-corrected chi connectivity index (χ1v) is 8.09. The predicted molar refractivity (Wildman–Crippen MR) is 83.5 cm³/mol. The molecule has 23 heavy (non-hydrogen) atoms. The average Bonchev–Trinajstić information content (AvgIpc) is 3.26. The van der Waals surface area contributed by atoms with Gasteiger partial charge in [0.05, 0.1) is 6.10 Å². The standard InChI is InChI=1S/C16H21N5O2/c1-10-7-21(8-12-3-2-6-18-14(12)17)9-13(22-10)16-19-15(20-23-16)11-4-5-11/h2-3,6,10-11,13H,4-5,7-9H2,1H3,(H2,17,18)/t10-,13-/m1/s1. The number of nitrogens with two attached hydrogens (primary N) is 1. The molecule has 1 aliphatic heterocycles. The lowest BCUT2D eigenvalue weighted by Crippen LogP contribution is -2.42. The predicted octanol–water partition coefficient (Wildman–Crippen LogP) is 1.89. The topological polar surface area (TPSA) is 90.3 Å². The van der Waals surface area contributed by atoms with Crippen LogP contribution in [0.1, 0.15) is 49.1 Å². The minimum Gasteiger partial charge on any atom is -0.383 e. The first kappa shape index (κ1) is 14.6. The highest BCUT2D eigenvalue weighted by Gasteiger charge is 2.34. The first-order valence-electron chi connectivity index (χ1n) is 8.09. The van der Waals surface area contributed by atoms with Crippen LogP contribution in [0.5, 0.6) is 0 Å². The molecule has 7 heteroatoms. The minimum absolute atomic E-state index is 0.0999. The van der Waals surface area contributed by atoms with Crippen LogP contribution in [0.25, 0.3) is 0 Å². The molecule has 0 unspecified atom stereocenters. The van der Waals surface area contributed by atoms with Gasteiger partial charge < -0.3 is 15.0 Å². The molecule has 0 radical (unpaired) electrons. The van der Waals surface area contributed by atoms with Crippen LogP contribution in [0.15, 0.2) is 22.9 Å². The highest BCUT2D eigenvalue weighted by atomic mass is 16.5. The van der Waals surface area contributed by atoms with Crippen LogP contribution in [0.3, 0.4) is 0 Å². The smallest absolute Gasteiger partial charge is 0.257 e. The molecule has 0 bridgehead atoms. The molecule has 2 aromatic rings. The van der Waals surface area contributed by atoms with Gasteiger partial charge in [0.1, 0.15) is 11.9 Å². The van der Waals surface area contributed by atoms with Crippen molar-refractivity contribution in [1.82, 2.24) is 20.0 Å². The third-order valence-corrected chi connectivity index (χ3v) is 4.33. The van der Waals surface area contributed by atoms with Crippen molar-refractivity contribution in [3.63, 3.8) is 0 Å². The molecular weight excluding hydrogens is 294 g/mol. The summed E-state index contributed by atoms with van der Waals surface area (Å²) in [6.07, 6.45) is 3.95. The van der Waals surface area contributed by atoms with E-state index in [9.17, 15) is 0 Å². The summed E-state index contributed by atoms with van der Waals surface area (Å²) in [5, 5.41) is 4.09. The number of rotatable bonds is 4. The molecule has 7 nitrogen and oxygen atoms in total. The van der Waals surface area contributed by atoms with Crippen molar-refractivity contribution in [2.45, 2.75) is 44.4 Å². The number of pyridine rings is 1. The molecule has 2 fully saturated rings. The third kappa shape index (κ3) is 3.20. The Morgan fingerprint density at radius 3 is 3.00 bits per heavy atom. The number of anilines is 1. The molecule has 1 aliphatic carbocycles. The Balaban J connectivity index is 1.47. The van der Waals surface area contributed by atoms with Crippen LogP contribution in [0, 0.1) is 0 Å². The van der Waals surface area contributed by atoms with Crippen molar-refractivity contribution in [2.75, 3.05) is 18.8 Å². The van der Waals surface area contributed by atoms with E-state index in [0.717, 1.165) is 37.3 Å². The van der Waals surface area contributed by atoms with Crippen LogP contribution in [-0.2, 0) is 11.3 Å². The Kier molecular flexibility index (Phi) is 3.74. The van der Waals surface area contributed by atoms with E-state index < -0.39 is 0 Å². The zero-order valence-electron chi connectivity index (χ0n) is 13.2. The second kappa shape index (κ2) is 5.90. The Bertz CT molecular complexity index is 685. The molecule has 1 saturated carbocycles. The fourth-order valence-corrected chi connectivity index (χ4v) is 3.02. The summed E-state index contributed by atoms with van der Waals surface area (Å²) >= 11 is 0. The number of hydrogen-bond donors (Lipinski definition) is 1. The molecular formula is C16H21N5O2. The van der Waals surface area contributed by atoms with Crippen molar-refractivity contribution in [1.29, 1.82) is 0 Å². The molecule has 2 N–H and O–H groups in total. The van der Waals surface area contributed by atoms with E-state index in [1.807, 2.05) is 12.1 Å². The number of hydrogen-bond acceptors (Lipinski definition) is 7. The van der Waals surface area contributed by atoms with Crippen molar-refractivity contribution in [3.8, 4) is 0 Å². The van der Waals surface area contributed by atoms with E-state index in [4.69, 9.17) is 15.0 Å². The molecule has 2 aliphatic rings. The van der Waals surface area contributed by atoms with Gasteiger partial charge in [-0.25, -0.2) is 4.98 Å². The van der Waals surface area contributed by atoms with Crippen LogP contribution in [0.4, 0.5) is 5.82 Å². The first-order chi connectivity index (χ1) is 11.2. The van der Waals surface area contributed by atoms with E-state index in [-0.39, 0.29) is 12.2 Å². The number of aromatic nitrogens is 3. The number of morpholine rings is 1. The van der Waals surface area contributed by atoms with Gasteiger partial charge in [0.15, 0.2) is 5.82 Å². The van der Waals surface area contributed by atoms with Gasteiger partial charge in [-0.05, 0) is 25.8 Å². The highest BCUT2D eigenvalue weighted by Crippen LogP contribution is 2.39. The normalized spacial score (nSPS) is 25.6. The fourth-order valence-electron chi connectivity index (χ4n) is 3.02. The lowest BCUT2D eigenvalue weighted by Gasteiger charge is -2.35. The second-order valence-electron chi connectivity index (χ2n) is 6.44. The maximum Gasteiger partial charge on any atom is 0.257 e. The SMILES string of the molecule is C[C@@H]1CN(Cc2cccnc2N)C[C@H](c2nc(C3CC3)no2)O1. The van der Waals surface area contributed by atoms with Crippen molar-refractivity contribution < 1.29 is 9.26 Å². The average molecular weight is 315 g/mol. The molecule has 2 atom stereocenters. The van der Waals surface area contributed by atoms with Gasteiger partial charge in [-0.3, -0.25) is 4.90 Å². The molecule has 1 saturated heterocycles. The minimum atomic E-state index is -0.184. The highest BCUT2D eigenvalue weighted by molar-refractivity contribution is 5.38. The largest absolute Gasteiger partial charge is 0.383 e. The summed E-state index contributed by atoms with van der Waals surface area (Å²) < 4.78 is 11.4. The van der Waals surface area contributed by atoms with E-state index >= 15 is 0 Å². The molecule has 0 amide bonds.